The van der Waals surface area contributed by atoms with Crippen LogP contribution in [0.2, 0.25) is 5.02 Å². The molecule has 0 bridgehead atoms. The standard InChI is InChI=1S/C20H22ClN5.HI/c1-22-20(25-13-18-3-2-4-19(21)11-18)24-12-16-5-7-17(8-6-16)14-26-10-9-23-15-26;/h2-11,15H,12-14H2,1H3,(H2,22,24,25);1H. The Labute approximate surface area is 181 Å². The van der Waals surface area contributed by atoms with E-state index < -0.39 is 0 Å². The van der Waals surface area contributed by atoms with Crippen molar-refractivity contribution in [1.82, 2.24) is 20.2 Å². The number of rotatable bonds is 6. The summed E-state index contributed by atoms with van der Waals surface area (Å²) < 4.78 is 2.05. The van der Waals surface area contributed by atoms with Gasteiger partial charge in [-0.2, -0.15) is 0 Å². The predicted octanol–water partition coefficient (Wildman–Crippen LogP) is 4.07. The first-order valence-electron chi connectivity index (χ1n) is 8.45. The van der Waals surface area contributed by atoms with Crippen molar-refractivity contribution in [2.24, 2.45) is 4.99 Å². The zero-order valence-corrected chi connectivity index (χ0v) is 18.2. The summed E-state index contributed by atoms with van der Waals surface area (Å²) in [5.74, 6) is 0.757. The average molecular weight is 496 g/mol. The number of aromatic nitrogens is 2. The number of guanidine groups is 1. The third kappa shape index (κ3) is 6.88. The number of nitrogens with one attached hydrogen (secondary N) is 2. The molecule has 3 aromatic rings. The third-order valence-corrected chi connectivity index (χ3v) is 4.21. The lowest BCUT2D eigenvalue weighted by atomic mass is 10.1. The molecule has 142 valence electrons. The van der Waals surface area contributed by atoms with Gasteiger partial charge in [-0.3, -0.25) is 4.99 Å². The van der Waals surface area contributed by atoms with Crippen LogP contribution in [0.15, 0.2) is 72.2 Å². The molecule has 0 amide bonds. The van der Waals surface area contributed by atoms with Gasteiger partial charge < -0.3 is 15.2 Å². The van der Waals surface area contributed by atoms with Gasteiger partial charge in [-0.15, -0.1) is 24.0 Å². The number of nitrogens with zero attached hydrogens (tertiary/aromatic N) is 3. The van der Waals surface area contributed by atoms with Gasteiger partial charge in [0.25, 0.3) is 0 Å². The van der Waals surface area contributed by atoms with E-state index in [-0.39, 0.29) is 24.0 Å². The van der Waals surface area contributed by atoms with Crippen LogP contribution in [0.4, 0.5) is 0 Å². The van der Waals surface area contributed by atoms with E-state index in [1.54, 1.807) is 13.2 Å². The lowest BCUT2D eigenvalue weighted by Crippen LogP contribution is -2.36. The van der Waals surface area contributed by atoms with Crippen molar-refractivity contribution in [1.29, 1.82) is 0 Å². The molecule has 5 nitrogen and oxygen atoms in total. The number of aliphatic imine (C=N–C) groups is 1. The number of imidazole rings is 1. The first kappa shape index (κ1) is 21.2. The lowest BCUT2D eigenvalue weighted by Gasteiger charge is -2.12. The minimum absolute atomic E-state index is 0. The van der Waals surface area contributed by atoms with E-state index in [1.165, 1.54) is 11.1 Å². The van der Waals surface area contributed by atoms with Crippen LogP contribution in [0, 0.1) is 0 Å². The Hall–Kier alpha value is -2.06. The Morgan fingerprint density at radius 2 is 1.74 bits per heavy atom. The van der Waals surface area contributed by atoms with Crippen molar-refractivity contribution in [3.8, 4) is 0 Å². The molecule has 0 aliphatic carbocycles. The second kappa shape index (κ2) is 10.9. The van der Waals surface area contributed by atoms with Gasteiger partial charge in [-0.1, -0.05) is 48.0 Å². The Bertz CT molecular complexity index is 847. The lowest BCUT2D eigenvalue weighted by molar-refractivity contribution is 0.792. The Balaban J connectivity index is 0.00000261. The second-order valence-corrected chi connectivity index (χ2v) is 6.40. The molecule has 0 saturated heterocycles. The minimum atomic E-state index is 0. The van der Waals surface area contributed by atoms with E-state index in [9.17, 15) is 0 Å². The van der Waals surface area contributed by atoms with Gasteiger partial charge >= 0.3 is 0 Å². The smallest absolute Gasteiger partial charge is 0.191 e. The van der Waals surface area contributed by atoms with Gasteiger partial charge in [0.1, 0.15) is 0 Å². The van der Waals surface area contributed by atoms with Crippen molar-refractivity contribution in [2.75, 3.05) is 7.05 Å². The fraction of sp³-hybridized carbons (Fsp3) is 0.200. The number of halogens is 2. The maximum Gasteiger partial charge on any atom is 0.191 e. The van der Waals surface area contributed by atoms with E-state index in [1.807, 2.05) is 36.8 Å². The molecule has 0 atom stereocenters. The van der Waals surface area contributed by atoms with E-state index in [0.717, 1.165) is 23.1 Å². The highest BCUT2D eigenvalue weighted by Crippen LogP contribution is 2.10. The largest absolute Gasteiger partial charge is 0.352 e. The van der Waals surface area contributed by atoms with Crippen LogP contribution in [0.1, 0.15) is 16.7 Å². The summed E-state index contributed by atoms with van der Waals surface area (Å²) in [6.07, 6.45) is 5.58. The van der Waals surface area contributed by atoms with Crippen LogP contribution < -0.4 is 10.6 Å². The molecule has 3 rings (SSSR count). The van der Waals surface area contributed by atoms with Crippen LogP contribution in [-0.2, 0) is 19.6 Å². The highest BCUT2D eigenvalue weighted by molar-refractivity contribution is 14.0. The summed E-state index contributed by atoms with van der Waals surface area (Å²) in [6, 6.07) is 16.3. The fourth-order valence-corrected chi connectivity index (χ4v) is 2.81. The van der Waals surface area contributed by atoms with Gasteiger partial charge in [-0.05, 0) is 28.8 Å². The minimum Gasteiger partial charge on any atom is -0.352 e. The molecule has 7 heteroatoms. The molecule has 0 aliphatic rings. The van der Waals surface area contributed by atoms with Crippen molar-refractivity contribution >= 4 is 41.5 Å². The maximum absolute atomic E-state index is 6.01. The zero-order chi connectivity index (χ0) is 18.2. The quantitative estimate of drug-likeness (QED) is 0.308. The number of hydrogen-bond donors (Lipinski definition) is 2. The van der Waals surface area contributed by atoms with Gasteiger partial charge in [-0.25, -0.2) is 4.98 Å². The number of benzene rings is 2. The fourth-order valence-electron chi connectivity index (χ4n) is 2.59. The van der Waals surface area contributed by atoms with Crippen molar-refractivity contribution in [3.05, 3.63) is 89.0 Å². The molecular weight excluding hydrogens is 473 g/mol. The number of hydrogen-bond acceptors (Lipinski definition) is 2. The Morgan fingerprint density at radius 3 is 2.37 bits per heavy atom. The summed E-state index contributed by atoms with van der Waals surface area (Å²) in [6.45, 7) is 2.21. The average Bonchev–Trinajstić information content (AvgIpc) is 3.16. The summed E-state index contributed by atoms with van der Waals surface area (Å²) in [5, 5.41) is 7.36. The van der Waals surface area contributed by atoms with Gasteiger partial charge in [0, 0.05) is 44.1 Å². The predicted molar refractivity (Wildman–Crippen MR) is 122 cm³/mol. The molecular formula is C20H23ClIN5. The van der Waals surface area contributed by atoms with Crippen molar-refractivity contribution in [3.63, 3.8) is 0 Å². The van der Waals surface area contributed by atoms with E-state index in [4.69, 9.17) is 11.6 Å². The molecule has 2 N–H and O–H groups in total. The molecule has 0 fully saturated rings. The van der Waals surface area contributed by atoms with Crippen LogP contribution >= 0.6 is 35.6 Å². The molecule has 0 saturated carbocycles. The molecule has 0 spiro atoms. The Kier molecular flexibility index (Phi) is 8.60. The summed E-state index contributed by atoms with van der Waals surface area (Å²) in [5.41, 5.74) is 3.56. The first-order chi connectivity index (χ1) is 12.7. The van der Waals surface area contributed by atoms with Crippen molar-refractivity contribution < 1.29 is 0 Å². The van der Waals surface area contributed by atoms with Crippen molar-refractivity contribution in [2.45, 2.75) is 19.6 Å². The van der Waals surface area contributed by atoms with Crippen LogP contribution in [0.3, 0.4) is 0 Å². The third-order valence-electron chi connectivity index (χ3n) is 3.98. The van der Waals surface area contributed by atoms with Crippen LogP contribution in [-0.4, -0.2) is 22.6 Å². The summed E-state index contributed by atoms with van der Waals surface area (Å²) in [4.78, 5) is 8.32. The first-order valence-corrected chi connectivity index (χ1v) is 8.83. The Morgan fingerprint density at radius 1 is 1.04 bits per heavy atom. The van der Waals surface area contributed by atoms with Gasteiger partial charge in [0.2, 0.25) is 0 Å². The topological polar surface area (TPSA) is 54.2 Å². The molecule has 1 aromatic heterocycles. The monoisotopic (exact) mass is 495 g/mol. The SMILES string of the molecule is CN=C(NCc1ccc(Cn2ccnc2)cc1)NCc1cccc(Cl)c1.I. The van der Waals surface area contributed by atoms with Gasteiger partial charge in [0.05, 0.1) is 6.33 Å². The maximum atomic E-state index is 6.01. The summed E-state index contributed by atoms with van der Waals surface area (Å²) in [7, 11) is 1.77. The second-order valence-electron chi connectivity index (χ2n) is 5.96. The summed E-state index contributed by atoms with van der Waals surface area (Å²) >= 11 is 6.01. The van der Waals surface area contributed by atoms with E-state index in [2.05, 4.69) is 49.4 Å². The highest BCUT2D eigenvalue weighted by Gasteiger charge is 2.01. The van der Waals surface area contributed by atoms with E-state index >= 15 is 0 Å². The molecule has 0 aliphatic heterocycles. The van der Waals surface area contributed by atoms with E-state index in [0.29, 0.717) is 13.1 Å². The van der Waals surface area contributed by atoms with Crippen LogP contribution in [0.5, 0.6) is 0 Å². The molecule has 2 aromatic carbocycles. The zero-order valence-electron chi connectivity index (χ0n) is 15.1. The normalized spacial score (nSPS) is 11.0. The molecule has 27 heavy (non-hydrogen) atoms. The van der Waals surface area contributed by atoms with Crippen LogP contribution in [0.25, 0.3) is 0 Å². The van der Waals surface area contributed by atoms with Gasteiger partial charge in [0.15, 0.2) is 5.96 Å². The molecule has 0 unspecified atom stereocenters. The molecule has 1 heterocycles. The highest BCUT2D eigenvalue weighted by atomic mass is 127. The molecule has 0 radical (unpaired) electrons.